The summed E-state index contributed by atoms with van der Waals surface area (Å²) in [5.41, 5.74) is 0.237. The Morgan fingerprint density at radius 2 is 1.93 bits per heavy atom. The van der Waals surface area contributed by atoms with Crippen LogP contribution in [0.2, 0.25) is 0 Å². The first-order valence-corrected chi connectivity index (χ1v) is 8.38. The maximum absolute atomic E-state index is 12.8. The van der Waals surface area contributed by atoms with E-state index in [1.807, 2.05) is 0 Å². The number of fused-ring (bicyclic) bond motifs is 1. The van der Waals surface area contributed by atoms with Gasteiger partial charge < -0.3 is 10.4 Å². The fraction of sp³-hybridized carbons (Fsp3) is 0.562. The van der Waals surface area contributed by atoms with Gasteiger partial charge in [-0.3, -0.25) is 4.79 Å². The molecular weight excluding hydrogens is 367 g/mol. The van der Waals surface area contributed by atoms with Crippen LogP contribution in [0.3, 0.4) is 0 Å². The minimum absolute atomic E-state index is 0.00920. The van der Waals surface area contributed by atoms with Crippen molar-refractivity contribution in [2.24, 2.45) is 0 Å². The molecule has 8 nitrogen and oxygen atoms in total. The molecule has 0 aliphatic heterocycles. The van der Waals surface area contributed by atoms with Gasteiger partial charge in [0.25, 0.3) is 11.6 Å². The van der Waals surface area contributed by atoms with Crippen molar-refractivity contribution in [1.29, 1.82) is 0 Å². The van der Waals surface area contributed by atoms with E-state index in [-0.39, 0.29) is 18.6 Å². The molecule has 2 aromatic rings. The number of hydrogen-bond acceptors (Lipinski definition) is 5. The Labute approximate surface area is 151 Å². The summed E-state index contributed by atoms with van der Waals surface area (Å²) >= 11 is 0. The fourth-order valence-electron chi connectivity index (χ4n) is 3.18. The molecule has 1 aliphatic rings. The van der Waals surface area contributed by atoms with Crippen LogP contribution >= 0.6 is 0 Å². The van der Waals surface area contributed by atoms with Gasteiger partial charge in [-0.15, -0.1) is 5.10 Å². The van der Waals surface area contributed by atoms with Crippen molar-refractivity contribution in [2.75, 3.05) is 0 Å². The number of carbonyl (C=O) groups is 2. The summed E-state index contributed by atoms with van der Waals surface area (Å²) in [5.74, 6) is -2.92. The summed E-state index contributed by atoms with van der Waals surface area (Å²) in [4.78, 5) is 30.9. The van der Waals surface area contributed by atoms with E-state index in [1.54, 1.807) is 13.8 Å². The van der Waals surface area contributed by atoms with Crippen molar-refractivity contribution in [3.05, 3.63) is 22.8 Å². The molecule has 2 aromatic heterocycles. The van der Waals surface area contributed by atoms with Gasteiger partial charge in [0.15, 0.2) is 0 Å². The van der Waals surface area contributed by atoms with Gasteiger partial charge in [-0.05, 0) is 45.1 Å². The lowest BCUT2D eigenvalue weighted by molar-refractivity contribution is -0.151. The van der Waals surface area contributed by atoms with Crippen LogP contribution in [0.5, 0.6) is 0 Å². The summed E-state index contributed by atoms with van der Waals surface area (Å²) in [5, 5.41) is 15.3. The molecule has 0 atom stereocenters. The van der Waals surface area contributed by atoms with Crippen LogP contribution in [0.15, 0.2) is 0 Å². The molecule has 1 amide bonds. The Hall–Kier alpha value is -2.72. The molecule has 0 saturated heterocycles. The van der Waals surface area contributed by atoms with Crippen LogP contribution in [0.4, 0.5) is 13.2 Å². The van der Waals surface area contributed by atoms with Gasteiger partial charge >= 0.3 is 12.1 Å². The number of nitrogens with zero attached hydrogens (tertiary/aromatic N) is 4. The molecule has 3 rings (SSSR count). The van der Waals surface area contributed by atoms with Crippen LogP contribution in [0.25, 0.3) is 5.78 Å². The number of hydrogen-bond donors (Lipinski definition) is 2. The van der Waals surface area contributed by atoms with E-state index in [1.165, 1.54) is 0 Å². The predicted molar refractivity (Wildman–Crippen MR) is 85.9 cm³/mol. The van der Waals surface area contributed by atoms with Crippen LogP contribution in [-0.2, 0) is 22.2 Å². The monoisotopic (exact) mass is 385 g/mol. The van der Waals surface area contributed by atoms with Crippen LogP contribution < -0.4 is 5.32 Å². The second-order valence-electron chi connectivity index (χ2n) is 6.70. The summed E-state index contributed by atoms with van der Waals surface area (Å²) in [7, 11) is 0. The van der Waals surface area contributed by atoms with Crippen molar-refractivity contribution >= 4 is 17.7 Å². The zero-order valence-electron chi connectivity index (χ0n) is 14.7. The average Bonchev–Trinajstić information content (AvgIpc) is 2.94. The Bertz CT molecular complexity index is 918. The number of carbonyl (C=O) groups excluding carboxylic acids is 1. The summed E-state index contributed by atoms with van der Waals surface area (Å²) < 4.78 is 39.4. The van der Waals surface area contributed by atoms with E-state index in [4.69, 9.17) is 0 Å². The Balaban J connectivity index is 1.78. The third-order valence-corrected chi connectivity index (χ3v) is 4.90. The standard InChI is InChI=1S/C16H18F3N5O3/c1-8-10(4-5-11(25)22-15(13(26)27)6-3-7-15)9(2)24-14(20-8)21-12(23-24)16(17,18)19/h3-7H2,1-2H3,(H,22,25)(H,26,27). The largest absolute Gasteiger partial charge is 0.480 e. The van der Waals surface area contributed by atoms with Gasteiger partial charge in [-0.25, -0.2) is 14.3 Å². The number of aliphatic carboxylic acids is 1. The quantitative estimate of drug-likeness (QED) is 0.813. The summed E-state index contributed by atoms with van der Waals surface area (Å²) in [6.07, 6.45) is -2.98. The molecule has 1 aliphatic carbocycles. The summed E-state index contributed by atoms with van der Waals surface area (Å²) in [6, 6.07) is 0. The van der Waals surface area contributed by atoms with E-state index in [0.29, 0.717) is 29.8 Å². The van der Waals surface area contributed by atoms with Gasteiger partial charge in [-0.2, -0.15) is 18.2 Å². The highest BCUT2D eigenvalue weighted by molar-refractivity contribution is 5.87. The Morgan fingerprint density at radius 3 is 2.44 bits per heavy atom. The number of aryl methyl sites for hydroxylation is 2. The summed E-state index contributed by atoms with van der Waals surface area (Å²) in [6.45, 7) is 3.20. The molecule has 11 heteroatoms. The molecule has 2 heterocycles. The van der Waals surface area contributed by atoms with Gasteiger partial charge in [0.2, 0.25) is 5.91 Å². The molecule has 146 valence electrons. The highest BCUT2D eigenvalue weighted by atomic mass is 19.4. The first-order chi connectivity index (χ1) is 12.5. The lowest BCUT2D eigenvalue weighted by Crippen LogP contribution is -2.59. The highest BCUT2D eigenvalue weighted by Gasteiger charge is 2.45. The van der Waals surface area contributed by atoms with Crippen molar-refractivity contribution in [1.82, 2.24) is 24.9 Å². The van der Waals surface area contributed by atoms with Crippen LogP contribution in [-0.4, -0.2) is 42.1 Å². The molecule has 0 spiro atoms. The third-order valence-electron chi connectivity index (χ3n) is 4.90. The number of halogens is 3. The van der Waals surface area contributed by atoms with Crippen molar-refractivity contribution in [2.45, 2.75) is 57.7 Å². The van der Waals surface area contributed by atoms with Crippen LogP contribution in [0, 0.1) is 13.8 Å². The van der Waals surface area contributed by atoms with E-state index in [9.17, 15) is 27.9 Å². The zero-order valence-corrected chi connectivity index (χ0v) is 14.7. The minimum atomic E-state index is -4.68. The predicted octanol–water partition coefficient (Wildman–Crippen LogP) is 1.82. The molecule has 0 bridgehead atoms. The fourth-order valence-corrected chi connectivity index (χ4v) is 3.18. The highest BCUT2D eigenvalue weighted by Crippen LogP contribution is 2.32. The Kier molecular flexibility index (Phi) is 4.56. The number of carboxylic acids is 1. The van der Waals surface area contributed by atoms with Crippen molar-refractivity contribution in [3.63, 3.8) is 0 Å². The number of nitrogens with one attached hydrogen (secondary N) is 1. The molecule has 0 unspecified atom stereocenters. The normalized spacial score (nSPS) is 16.2. The van der Waals surface area contributed by atoms with E-state index < -0.39 is 29.4 Å². The molecular formula is C16H18F3N5O3. The van der Waals surface area contributed by atoms with Crippen molar-refractivity contribution in [3.8, 4) is 0 Å². The zero-order chi connectivity index (χ0) is 20.0. The molecule has 1 saturated carbocycles. The SMILES string of the molecule is Cc1nc2nc(C(F)(F)F)nn2c(C)c1CCC(=O)NC1(C(=O)O)CCC1. The number of amides is 1. The Morgan fingerprint density at radius 1 is 1.26 bits per heavy atom. The van der Waals surface area contributed by atoms with E-state index in [2.05, 4.69) is 20.4 Å². The van der Waals surface area contributed by atoms with Crippen molar-refractivity contribution < 1.29 is 27.9 Å². The molecule has 2 N–H and O–H groups in total. The lowest BCUT2D eigenvalue weighted by atomic mass is 9.76. The smallest absolute Gasteiger partial charge is 0.453 e. The molecule has 0 aromatic carbocycles. The van der Waals surface area contributed by atoms with Crippen LogP contribution in [0.1, 0.15) is 48.5 Å². The maximum atomic E-state index is 12.8. The molecule has 27 heavy (non-hydrogen) atoms. The molecule has 1 fully saturated rings. The maximum Gasteiger partial charge on any atom is 0.453 e. The van der Waals surface area contributed by atoms with Gasteiger partial charge in [0.05, 0.1) is 0 Å². The van der Waals surface area contributed by atoms with Gasteiger partial charge in [0, 0.05) is 17.8 Å². The van der Waals surface area contributed by atoms with Gasteiger partial charge in [-0.1, -0.05) is 0 Å². The number of rotatable bonds is 5. The second-order valence-corrected chi connectivity index (χ2v) is 6.70. The first kappa shape index (κ1) is 19.1. The molecule has 0 radical (unpaired) electrons. The number of aromatic nitrogens is 4. The van der Waals surface area contributed by atoms with E-state index in [0.717, 1.165) is 10.9 Å². The second kappa shape index (κ2) is 6.46. The number of alkyl halides is 3. The average molecular weight is 385 g/mol. The lowest BCUT2D eigenvalue weighted by Gasteiger charge is -2.38. The number of carboxylic acid groups (broad SMARTS) is 1. The first-order valence-electron chi connectivity index (χ1n) is 8.38. The topological polar surface area (TPSA) is 109 Å². The van der Waals surface area contributed by atoms with Gasteiger partial charge in [0.1, 0.15) is 5.54 Å². The third kappa shape index (κ3) is 3.45. The van der Waals surface area contributed by atoms with E-state index >= 15 is 0 Å². The minimum Gasteiger partial charge on any atom is -0.480 e.